The summed E-state index contributed by atoms with van der Waals surface area (Å²) >= 11 is 0. The molecule has 1 amide bonds. The van der Waals surface area contributed by atoms with Gasteiger partial charge < -0.3 is 14.8 Å². The normalized spacial score (nSPS) is 10.2. The van der Waals surface area contributed by atoms with Crippen LogP contribution in [-0.2, 0) is 9.53 Å². The molecule has 25 heavy (non-hydrogen) atoms. The molecule has 0 aliphatic carbocycles. The van der Waals surface area contributed by atoms with Crippen LogP contribution in [0.25, 0.3) is 0 Å². The molecule has 1 N–H and O–H groups in total. The number of nitro groups is 1. The van der Waals surface area contributed by atoms with Crippen molar-refractivity contribution in [1.82, 2.24) is 5.32 Å². The monoisotopic (exact) mass is 352 g/mol. The van der Waals surface area contributed by atoms with Gasteiger partial charge in [0.2, 0.25) is 5.91 Å². The number of methoxy groups -OCH3 is 1. The van der Waals surface area contributed by atoms with Gasteiger partial charge in [-0.3, -0.25) is 14.9 Å². The highest BCUT2D eigenvalue weighted by atomic mass is 16.6. The van der Waals surface area contributed by atoms with Gasteiger partial charge >= 0.3 is 11.7 Å². The lowest BCUT2D eigenvalue weighted by Gasteiger charge is -2.08. The maximum atomic E-state index is 11.9. The molecule has 0 aromatic heterocycles. The average molecular weight is 352 g/mol. The highest BCUT2D eigenvalue weighted by Crippen LogP contribution is 2.27. The van der Waals surface area contributed by atoms with Gasteiger partial charge in [0.1, 0.15) is 6.61 Å². The van der Waals surface area contributed by atoms with Crippen molar-refractivity contribution in [2.45, 2.75) is 39.0 Å². The highest BCUT2D eigenvalue weighted by molar-refractivity contribution is 5.90. The Labute approximate surface area is 146 Å². The number of esters is 1. The fourth-order valence-corrected chi connectivity index (χ4v) is 2.17. The van der Waals surface area contributed by atoms with Crippen LogP contribution in [0.5, 0.6) is 5.75 Å². The molecule has 1 aromatic carbocycles. The molecule has 0 radical (unpaired) electrons. The summed E-state index contributed by atoms with van der Waals surface area (Å²) in [7, 11) is 1.29. The highest BCUT2D eigenvalue weighted by Gasteiger charge is 2.18. The Bertz CT molecular complexity index is 603. The molecule has 8 heteroatoms. The van der Waals surface area contributed by atoms with E-state index in [0.717, 1.165) is 25.7 Å². The molecule has 0 aliphatic heterocycles. The van der Waals surface area contributed by atoms with Crippen LogP contribution in [0.15, 0.2) is 18.2 Å². The molecule has 1 aromatic rings. The summed E-state index contributed by atoms with van der Waals surface area (Å²) in [5.41, 5.74) is -0.0808. The molecule has 8 nitrogen and oxygen atoms in total. The van der Waals surface area contributed by atoms with Gasteiger partial charge in [0.25, 0.3) is 0 Å². The summed E-state index contributed by atoms with van der Waals surface area (Å²) in [5.74, 6) is -0.714. The fourth-order valence-electron chi connectivity index (χ4n) is 2.17. The number of hydrogen-bond acceptors (Lipinski definition) is 6. The van der Waals surface area contributed by atoms with Crippen LogP contribution < -0.4 is 10.1 Å². The van der Waals surface area contributed by atoms with Crippen molar-refractivity contribution < 1.29 is 24.0 Å². The Kier molecular flexibility index (Phi) is 8.99. The molecule has 0 spiro atoms. The number of nitrogens with zero attached hydrogens (tertiary/aromatic N) is 1. The van der Waals surface area contributed by atoms with Gasteiger partial charge in [0.05, 0.1) is 24.1 Å². The summed E-state index contributed by atoms with van der Waals surface area (Å²) in [6.45, 7) is 2.36. The van der Waals surface area contributed by atoms with E-state index in [1.165, 1.54) is 25.3 Å². The Balaban J connectivity index is 2.37. The Morgan fingerprint density at radius 2 is 2.00 bits per heavy atom. The van der Waals surface area contributed by atoms with Crippen molar-refractivity contribution in [3.05, 3.63) is 33.9 Å². The first kappa shape index (κ1) is 20.4. The van der Waals surface area contributed by atoms with E-state index in [2.05, 4.69) is 12.2 Å². The molecule has 0 heterocycles. The number of amides is 1. The number of carbonyl (C=O) groups excluding carboxylic acids is 2. The second kappa shape index (κ2) is 11.0. The van der Waals surface area contributed by atoms with Crippen LogP contribution in [0.3, 0.4) is 0 Å². The summed E-state index contributed by atoms with van der Waals surface area (Å²) in [5, 5.41) is 13.5. The summed E-state index contributed by atoms with van der Waals surface area (Å²) in [6, 6.07) is 3.75. The summed E-state index contributed by atoms with van der Waals surface area (Å²) < 4.78 is 9.95. The topological polar surface area (TPSA) is 108 Å². The molecule has 1 rings (SSSR count). The van der Waals surface area contributed by atoms with Gasteiger partial charge in [-0.1, -0.05) is 26.2 Å². The van der Waals surface area contributed by atoms with Crippen molar-refractivity contribution in [3.8, 4) is 5.75 Å². The van der Waals surface area contributed by atoms with Gasteiger partial charge in [-0.25, -0.2) is 4.79 Å². The van der Waals surface area contributed by atoms with E-state index >= 15 is 0 Å². The number of nitro benzene ring substituents is 1. The van der Waals surface area contributed by atoms with Gasteiger partial charge in [-0.2, -0.15) is 0 Å². The van der Waals surface area contributed by atoms with E-state index in [9.17, 15) is 19.7 Å². The van der Waals surface area contributed by atoms with Crippen LogP contribution >= 0.6 is 0 Å². The van der Waals surface area contributed by atoms with Crippen molar-refractivity contribution in [2.24, 2.45) is 0 Å². The third-order valence-corrected chi connectivity index (χ3v) is 3.53. The maximum absolute atomic E-state index is 11.9. The minimum atomic E-state index is -0.634. The smallest absolute Gasteiger partial charge is 0.338 e. The van der Waals surface area contributed by atoms with E-state index in [0.29, 0.717) is 6.42 Å². The number of unbranched alkanes of at least 4 members (excludes halogenated alkanes) is 3. The van der Waals surface area contributed by atoms with E-state index in [1.54, 1.807) is 0 Å². The zero-order valence-electron chi connectivity index (χ0n) is 14.6. The molecule has 0 atom stereocenters. The number of benzene rings is 1. The first-order chi connectivity index (χ1) is 12.0. The second-order valence-corrected chi connectivity index (χ2v) is 5.44. The van der Waals surface area contributed by atoms with Crippen molar-refractivity contribution >= 4 is 17.6 Å². The minimum absolute atomic E-state index is 0.0140. The predicted molar refractivity (Wildman–Crippen MR) is 91.7 cm³/mol. The van der Waals surface area contributed by atoms with Crippen molar-refractivity contribution in [2.75, 3.05) is 20.3 Å². The van der Waals surface area contributed by atoms with Crippen LogP contribution in [0.1, 0.15) is 49.4 Å². The Morgan fingerprint density at radius 3 is 2.64 bits per heavy atom. The van der Waals surface area contributed by atoms with Crippen LogP contribution in [0.2, 0.25) is 0 Å². The lowest BCUT2D eigenvalue weighted by atomic mass is 10.1. The van der Waals surface area contributed by atoms with Gasteiger partial charge in [0.15, 0.2) is 5.75 Å². The van der Waals surface area contributed by atoms with Crippen LogP contribution in [0, 0.1) is 10.1 Å². The molecule has 0 saturated heterocycles. The first-order valence-electron chi connectivity index (χ1n) is 8.25. The largest absolute Gasteiger partial charge is 0.490 e. The Morgan fingerprint density at radius 1 is 1.24 bits per heavy atom. The van der Waals surface area contributed by atoms with Gasteiger partial charge in [-0.05, 0) is 12.5 Å². The molecule has 0 aliphatic rings. The van der Waals surface area contributed by atoms with Crippen LogP contribution in [-0.4, -0.2) is 37.1 Å². The van der Waals surface area contributed by atoms with Crippen LogP contribution in [0.4, 0.5) is 5.69 Å². The SMILES string of the molecule is CCCCCCC(=O)NCCOC(=O)c1ccc([N+](=O)[O-])c(OC)c1. The van der Waals surface area contributed by atoms with E-state index in [-0.39, 0.29) is 36.1 Å². The van der Waals surface area contributed by atoms with E-state index in [4.69, 9.17) is 9.47 Å². The summed E-state index contributed by atoms with van der Waals surface area (Å²) in [6.07, 6.45) is 4.57. The number of hydrogen-bond donors (Lipinski definition) is 1. The lowest BCUT2D eigenvalue weighted by molar-refractivity contribution is -0.385. The molecule has 138 valence electrons. The quantitative estimate of drug-likeness (QED) is 0.284. The Hall–Kier alpha value is -2.64. The van der Waals surface area contributed by atoms with E-state index < -0.39 is 10.9 Å². The predicted octanol–water partition coefficient (Wildman–Crippen LogP) is 2.85. The lowest BCUT2D eigenvalue weighted by Crippen LogP contribution is -2.27. The average Bonchev–Trinajstić information content (AvgIpc) is 2.61. The van der Waals surface area contributed by atoms with Crippen molar-refractivity contribution in [3.63, 3.8) is 0 Å². The third kappa shape index (κ3) is 7.19. The standard InChI is InChI=1S/C17H24N2O6/c1-3-4-5-6-7-16(20)18-10-11-25-17(21)13-8-9-14(19(22)23)15(12-13)24-2/h8-9,12H,3-7,10-11H2,1-2H3,(H,18,20). The van der Waals surface area contributed by atoms with E-state index in [1.807, 2.05) is 0 Å². The number of rotatable bonds is 11. The number of nitrogens with one attached hydrogen (secondary N) is 1. The van der Waals surface area contributed by atoms with Gasteiger partial charge in [0, 0.05) is 18.6 Å². The summed E-state index contributed by atoms with van der Waals surface area (Å²) in [4.78, 5) is 33.7. The zero-order valence-corrected chi connectivity index (χ0v) is 14.6. The molecule has 0 fully saturated rings. The molecular formula is C17H24N2O6. The molecule has 0 unspecified atom stereocenters. The molecular weight excluding hydrogens is 328 g/mol. The molecule has 0 saturated carbocycles. The first-order valence-corrected chi connectivity index (χ1v) is 8.25. The fraction of sp³-hybridized carbons (Fsp3) is 0.529. The van der Waals surface area contributed by atoms with Crippen molar-refractivity contribution in [1.29, 1.82) is 0 Å². The maximum Gasteiger partial charge on any atom is 0.338 e. The number of carbonyl (C=O) groups is 2. The minimum Gasteiger partial charge on any atom is -0.490 e. The third-order valence-electron chi connectivity index (χ3n) is 3.53. The molecule has 0 bridgehead atoms. The zero-order chi connectivity index (χ0) is 18.7. The number of ether oxygens (including phenoxy) is 2. The second-order valence-electron chi connectivity index (χ2n) is 5.44. The van der Waals surface area contributed by atoms with Gasteiger partial charge in [-0.15, -0.1) is 0 Å².